The van der Waals surface area contributed by atoms with Crippen molar-refractivity contribution in [3.8, 4) is 0 Å². The van der Waals surface area contributed by atoms with Crippen molar-refractivity contribution in [2.75, 3.05) is 0 Å². The van der Waals surface area contributed by atoms with Crippen LogP contribution in [0.15, 0.2) is 6.07 Å². The summed E-state index contributed by atoms with van der Waals surface area (Å²) in [4.78, 5) is -0.206. The maximum Gasteiger partial charge on any atom is 0.139 e. The molecule has 1 aliphatic rings. The molecule has 2 N–H and O–H groups in total. The number of halogens is 2. The standard InChI is InChI=1S/C12H13F2NS/c13-9-6-7-4-2-1-3-5-8(7)11(14)10(9)12(15)16/h6H,1-5H2,(H2,15,16). The van der Waals surface area contributed by atoms with Crippen molar-refractivity contribution < 1.29 is 8.78 Å². The van der Waals surface area contributed by atoms with Gasteiger partial charge in [-0.3, -0.25) is 0 Å². The largest absolute Gasteiger partial charge is 0.389 e. The molecule has 0 radical (unpaired) electrons. The predicted molar refractivity (Wildman–Crippen MR) is 63.5 cm³/mol. The highest BCUT2D eigenvalue weighted by molar-refractivity contribution is 7.80. The quantitative estimate of drug-likeness (QED) is 0.604. The lowest BCUT2D eigenvalue weighted by molar-refractivity contribution is 0.564. The number of nitrogens with two attached hydrogens (primary N) is 1. The lowest BCUT2D eigenvalue weighted by atomic mass is 9.98. The zero-order valence-corrected chi connectivity index (χ0v) is 9.67. The molecular weight excluding hydrogens is 228 g/mol. The topological polar surface area (TPSA) is 26.0 Å². The minimum atomic E-state index is -0.634. The van der Waals surface area contributed by atoms with E-state index in [1.54, 1.807) is 0 Å². The van der Waals surface area contributed by atoms with Crippen LogP contribution in [0.1, 0.15) is 36.0 Å². The van der Waals surface area contributed by atoms with Crippen LogP contribution in [0.25, 0.3) is 0 Å². The first kappa shape index (κ1) is 11.5. The van der Waals surface area contributed by atoms with Gasteiger partial charge in [0.1, 0.15) is 16.6 Å². The highest BCUT2D eigenvalue weighted by Gasteiger charge is 2.20. The smallest absolute Gasteiger partial charge is 0.139 e. The summed E-state index contributed by atoms with van der Waals surface area (Å²) in [6, 6.07) is 1.39. The molecule has 86 valence electrons. The Morgan fingerprint density at radius 1 is 1.19 bits per heavy atom. The van der Waals surface area contributed by atoms with E-state index in [2.05, 4.69) is 12.2 Å². The number of hydrogen-bond donors (Lipinski definition) is 1. The molecule has 0 atom stereocenters. The average molecular weight is 241 g/mol. The van der Waals surface area contributed by atoms with Crippen molar-refractivity contribution in [3.63, 3.8) is 0 Å². The Labute approximate surface area is 98.6 Å². The molecule has 0 heterocycles. The minimum Gasteiger partial charge on any atom is -0.389 e. The number of benzene rings is 1. The maximum absolute atomic E-state index is 14.0. The fourth-order valence-electron chi connectivity index (χ4n) is 2.22. The van der Waals surface area contributed by atoms with Crippen molar-refractivity contribution in [3.05, 3.63) is 34.4 Å². The highest BCUT2D eigenvalue weighted by atomic mass is 32.1. The Morgan fingerprint density at radius 2 is 1.88 bits per heavy atom. The van der Waals surface area contributed by atoms with E-state index in [0.717, 1.165) is 31.2 Å². The normalized spacial score (nSPS) is 15.4. The van der Waals surface area contributed by atoms with E-state index in [-0.39, 0.29) is 10.6 Å². The molecular formula is C12H13F2NS. The van der Waals surface area contributed by atoms with E-state index in [1.165, 1.54) is 6.07 Å². The third kappa shape index (κ3) is 1.94. The molecule has 0 saturated carbocycles. The Kier molecular flexibility index (Phi) is 3.19. The first-order valence-corrected chi connectivity index (χ1v) is 5.81. The molecule has 1 aliphatic carbocycles. The number of thiocarbonyl (C=S) groups is 1. The summed E-state index contributed by atoms with van der Waals surface area (Å²) in [7, 11) is 0. The molecule has 0 spiro atoms. The van der Waals surface area contributed by atoms with E-state index >= 15 is 0 Å². The molecule has 0 aliphatic heterocycles. The van der Waals surface area contributed by atoms with Crippen molar-refractivity contribution in [2.24, 2.45) is 5.73 Å². The molecule has 0 amide bonds. The van der Waals surface area contributed by atoms with Gasteiger partial charge in [0.25, 0.3) is 0 Å². The fourth-order valence-corrected chi connectivity index (χ4v) is 2.41. The van der Waals surface area contributed by atoms with E-state index in [1.807, 2.05) is 0 Å². The van der Waals surface area contributed by atoms with Gasteiger partial charge in [-0.1, -0.05) is 18.6 Å². The number of aryl methyl sites for hydroxylation is 1. The van der Waals surface area contributed by atoms with Gasteiger partial charge >= 0.3 is 0 Å². The van der Waals surface area contributed by atoms with E-state index in [0.29, 0.717) is 12.0 Å². The molecule has 0 bridgehead atoms. The van der Waals surface area contributed by atoms with Crippen LogP contribution in [0.5, 0.6) is 0 Å². The van der Waals surface area contributed by atoms with Gasteiger partial charge in [-0.25, -0.2) is 8.78 Å². The van der Waals surface area contributed by atoms with Gasteiger partial charge in [0.15, 0.2) is 0 Å². The zero-order valence-electron chi connectivity index (χ0n) is 8.85. The van der Waals surface area contributed by atoms with Gasteiger partial charge in [-0.05, 0) is 42.9 Å². The Morgan fingerprint density at radius 3 is 2.56 bits per heavy atom. The molecule has 0 aromatic heterocycles. The Balaban J connectivity index is 2.60. The third-order valence-electron chi connectivity index (χ3n) is 3.03. The Hall–Kier alpha value is -1.03. The van der Waals surface area contributed by atoms with Gasteiger partial charge in [-0.2, -0.15) is 0 Å². The van der Waals surface area contributed by atoms with E-state index < -0.39 is 11.6 Å². The van der Waals surface area contributed by atoms with Gasteiger partial charge in [0.05, 0.1) is 5.56 Å². The second-order valence-electron chi connectivity index (χ2n) is 4.11. The summed E-state index contributed by atoms with van der Waals surface area (Å²) >= 11 is 4.67. The maximum atomic E-state index is 14.0. The lowest BCUT2D eigenvalue weighted by Crippen LogP contribution is -2.16. The van der Waals surface area contributed by atoms with Crippen LogP contribution in [-0.4, -0.2) is 4.99 Å². The summed E-state index contributed by atoms with van der Waals surface area (Å²) in [5.74, 6) is -1.19. The fraction of sp³-hybridized carbons (Fsp3) is 0.417. The summed E-state index contributed by atoms with van der Waals surface area (Å²) in [6.07, 6.45) is 4.36. The van der Waals surface area contributed by atoms with Crippen molar-refractivity contribution >= 4 is 17.2 Å². The SMILES string of the molecule is NC(=S)c1c(F)cc2c(c1F)CCCCC2. The minimum absolute atomic E-state index is 0.206. The van der Waals surface area contributed by atoms with Crippen molar-refractivity contribution in [2.45, 2.75) is 32.1 Å². The second kappa shape index (κ2) is 4.45. The van der Waals surface area contributed by atoms with Crippen LogP contribution in [0.4, 0.5) is 8.78 Å². The highest BCUT2D eigenvalue weighted by Crippen LogP contribution is 2.27. The predicted octanol–water partition coefficient (Wildman–Crippen LogP) is 2.87. The summed E-state index contributed by atoms with van der Waals surface area (Å²) in [5, 5.41) is 0. The molecule has 0 saturated heterocycles. The molecule has 4 heteroatoms. The first-order valence-electron chi connectivity index (χ1n) is 5.41. The zero-order chi connectivity index (χ0) is 11.7. The van der Waals surface area contributed by atoms with Gasteiger partial charge < -0.3 is 5.73 Å². The Bertz CT molecular complexity index is 443. The average Bonchev–Trinajstić information content (AvgIpc) is 2.42. The van der Waals surface area contributed by atoms with Crippen LogP contribution in [0.3, 0.4) is 0 Å². The third-order valence-corrected chi connectivity index (χ3v) is 3.24. The van der Waals surface area contributed by atoms with E-state index in [9.17, 15) is 8.78 Å². The molecule has 1 aromatic rings. The monoisotopic (exact) mass is 241 g/mol. The second-order valence-corrected chi connectivity index (χ2v) is 4.55. The van der Waals surface area contributed by atoms with Crippen molar-refractivity contribution in [1.82, 2.24) is 0 Å². The van der Waals surface area contributed by atoms with Crippen molar-refractivity contribution in [1.29, 1.82) is 0 Å². The van der Waals surface area contributed by atoms with Crippen LogP contribution >= 0.6 is 12.2 Å². The molecule has 1 aromatic carbocycles. The number of hydrogen-bond acceptors (Lipinski definition) is 1. The van der Waals surface area contributed by atoms with E-state index in [4.69, 9.17) is 5.73 Å². The number of fused-ring (bicyclic) bond motifs is 1. The summed E-state index contributed by atoms with van der Waals surface area (Å²) in [6.45, 7) is 0. The number of rotatable bonds is 1. The lowest BCUT2D eigenvalue weighted by Gasteiger charge is -2.11. The van der Waals surface area contributed by atoms with Crippen LogP contribution in [-0.2, 0) is 12.8 Å². The van der Waals surface area contributed by atoms with Gasteiger partial charge in [-0.15, -0.1) is 0 Å². The molecule has 0 unspecified atom stereocenters. The van der Waals surface area contributed by atoms with Crippen LogP contribution in [0, 0.1) is 11.6 Å². The molecule has 1 nitrogen and oxygen atoms in total. The summed E-state index contributed by atoms with van der Waals surface area (Å²) in [5.41, 5.74) is 6.48. The van der Waals surface area contributed by atoms with Crippen LogP contribution < -0.4 is 5.73 Å². The molecule has 16 heavy (non-hydrogen) atoms. The van der Waals surface area contributed by atoms with Crippen LogP contribution in [0.2, 0.25) is 0 Å². The van der Waals surface area contributed by atoms with Gasteiger partial charge in [0, 0.05) is 0 Å². The first-order chi connectivity index (χ1) is 7.61. The molecule has 0 fully saturated rings. The summed E-state index contributed by atoms with van der Waals surface area (Å²) < 4.78 is 27.7. The van der Waals surface area contributed by atoms with Gasteiger partial charge in [0.2, 0.25) is 0 Å². The molecule has 2 rings (SSSR count).